The van der Waals surface area contributed by atoms with Gasteiger partial charge in [0.25, 0.3) is 0 Å². The number of benzene rings is 3. The Morgan fingerprint density at radius 3 is 2.44 bits per heavy atom. The van der Waals surface area contributed by atoms with E-state index in [4.69, 9.17) is 4.42 Å². The van der Waals surface area contributed by atoms with Gasteiger partial charge in [0.2, 0.25) is 5.91 Å². The lowest BCUT2D eigenvalue weighted by molar-refractivity contribution is -0.121. The molecule has 5 heteroatoms. The molecular formula is C29H25FN2O2. The largest absolute Gasteiger partial charge is 0.467 e. The zero-order valence-electron chi connectivity index (χ0n) is 18.7. The molecule has 4 nitrogen and oxygen atoms in total. The molecule has 0 aliphatic carbocycles. The molecule has 0 radical (unpaired) electrons. The molecule has 1 N–H and O–H groups in total. The minimum atomic E-state index is -0.295. The van der Waals surface area contributed by atoms with Crippen LogP contribution in [0.25, 0.3) is 10.9 Å². The van der Waals surface area contributed by atoms with E-state index in [0.29, 0.717) is 12.3 Å². The van der Waals surface area contributed by atoms with Gasteiger partial charge in [0.15, 0.2) is 0 Å². The standard InChI is InChI=1S/C29H25FN2O2/c30-23-14-12-22(13-15-23)26(17-29(33)31-18-24-9-6-16-34-24)27-20-32(19-21-7-2-1-3-8-21)28-11-5-4-10-25(27)28/h1-16,20,26H,17-19H2,(H,31,33). The van der Waals surface area contributed by atoms with Crippen LogP contribution in [0.4, 0.5) is 4.39 Å². The summed E-state index contributed by atoms with van der Waals surface area (Å²) in [6, 6.07) is 28.6. The van der Waals surface area contributed by atoms with Crippen molar-refractivity contribution in [1.29, 1.82) is 0 Å². The summed E-state index contributed by atoms with van der Waals surface area (Å²) in [7, 11) is 0. The first-order valence-electron chi connectivity index (χ1n) is 11.3. The second kappa shape index (κ2) is 9.79. The Bertz CT molecular complexity index is 1370. The van der Waals surface area contributed by atoms with Crippen molar-refractivity contribution in [2.75, 3.05) is 0 Å². The van der Waals surface area contributed by atoms with Gasteiger partial charge in [-0.25, -0.2) is 4.39 Å². The van der Waals surface area contributed by atoms with E-state index < -0.39 is 0 Å². The predicted molar refractivity (Wildman–Crippen MR) is 131 cm³/mol. The van der Waals surface area contributed by atoms with E-state index in [0.717, 1.165) is 28.6 Å². The van der Waals surface area contributed by atoms with Gasteiger partial charge in [-0.05, 0) is 47.0 Å². The highest BCUT2D eigenvalue weighted by atomic mass is 19.1. The topological polar surface area (TPSA) is 47.2 Å². The molecule has 0 saturated carbocycles. The Morgan fingerprint density at radius 1 is 0.912 bits per heavy atom. The Kier molecular flexibility index (Phi) is 6.25. The Morgan fingerprint density at radius 2 is 1.68 bits per heavy atom. The molecule has 3 aromatic carbocycles. The molecule has 5 aromatic rings. The van der Waals surface area contributed by atoms with Crippen molar-refractivity contribution < 1.29 is 13.6 Å². The number of hydrogen-bond donors (Lipinski definition) is 1. The number of para-hydroxylation sites is 1. The van der Waals surface area contributed by atoms with Crippen molar-refractivity contribution in [2.24, 2.45) is 0 Å². The fourth-order valence-corrected chi connectivity index (χ4v) is 4.42. The number of rotatable bonds is 8. The lowest BCUT2D eigenvalue weighted by Crippen LogP contribution is -2.24. The average molecular weight is 453 g/mol. The predicted octanol–water partition coefficient (Wildman–Crippen LogP) is 6.26. The highest BCUT2D eigenvalue weighted by Crippen LogP contribution is 2.35. The van der Waals surface area contributed by atoms with Crippen LogP contribution >= 0.6 is 0 Å². The molecule has 1 unspecified atom stereocenters. The van der Waals surface area contributed by atoms with E-state index in [1.807, 2.05) is 36.4 Å². The summed E-state index contributed by atoms with van der Waals surface area (Å²) in [5.74, 6) is 0.0900. The number of hydrogen-bond acceptors (Lipinski definition) is 2. The second-order valence-electron chi connectivity index (χ2n) is 8.38. The first-order chi connectivity index (χ1) is 16.7. The summed E-state index contributed by atoms with van der Waals surface area (Å²) in [5, 5.41) is 4.04. The maximum atomic E-state index is 13.7. The molecule has 1 atom stereocenters. The molecule has 2 aromatic heterocycles. The maximum absolute atomic E-state index is 13.7. The molecule has 1 amide bonds. The van der Waals surface area contributed by atoms with Crippen molar-refractivity contribution in [3.8, 4) is 0 Å². The van der Waals surface area contributed by atoms with E-state index in [9.17, 15) is 9.18 Å². The van der Waals surface area contributed by atoms with Crippen LogP contribution in [0, 0.1) is 5.82 Å². The van der Waals surface area contributed by atoms with Crippen LogP contribution in [-0.4, -0.2) is 10.5 Å². The number of halogens is 1. The fraction of sp³-hybridized carbons (Fsp3) is 0.138. The van der Waals surface area contributed by atoms with Gasteiger partial charge in [-0.2, -0.15) is 0 Å². The van der Waals surface area contributed by atoms with E-state index >= 15 is 0 Å². The molecule has 170 valence electrons. The SMILES string of the molecule is O=C(CC(c1ccc(F)cc1)c1cn(Cc2ccccc2)c2ccccc12)NCc1ccco1. The Balaban J connectivity index is 1.50. The summed E-state index contributed by atoms with van der Waals surface area (Å²) in [6.45, 7) is 1.06. The summed E-state index contributed by atoms with van der Waals surface area (Å²) >= 11 is 0. The number of aromatic nitrogens is 1. The first kappa shape index (κ1) is 21.7. The highest BCUT2D eigenvalue weighted by Gasteiger charge is 2.23. The van der Waals surface area contributed by atoms with Crippen molar-refractivity contribution in [3.63, 3.8) is 0 Å². The number of carbonyl (C=O) groups excluding carboxylic acids is 1. The van der Waals surface area contributed by atoms with E-state index in [2.05, 4.69) is 40.3 Å². The number of amides is 1. The molecule has 0 fully saturated rings. The zero-order chi connectivity index (χ0) is 23.3. The summed E-state index contributed by atoms with van der Waals surface area (Å²) in [5.41, 5.74) is 4.25. The smallest absolute Gasteiger partial charge is 0.221 e. The van der Waals surface area contributed by atoms with Crippen molar-refractivity contribution in [3.05, 3.63) is 132 Å². The van der Waals surface area contributed by atoms with Crippen molar-refractivity contribution in [2.45, 2.75) is 25.4 Å². The van der Waals surface area contributed by atoms with Crippen LogP contribution in [0.1, 0.15) is 34.8 Å². The van der Waals surface area contributed by atoms with Gasteiger partial charge < -0.3 is 14.3 Å². The Hall–Kier alpha value is -4.12. The number of fused-ring (bicyclic) bond motifs is 1. The lowest BCUT2D eigenvalue weighted by atomic mass is 9.88. The first-order valence-corrected chi connectivity index (χ1v) is 11.3. The van der Waals surface area contributed by atoms with Crippen LogP contribution in [0.2, 0.25) is 0 Å². The minimum absolute atomic E-state index is 0.0920. The van der Waals surface area contributed by atoms with Crippen molar-refractivity contribution in [1.82, 2.24) is 9.88 Å². The van der Waals surface area contributed by atoms with Gasteiger partial charge in [-0.15, -0.1) is 0 Å². The van der Waals surface area contributed by atoms with E-state index in [-0.39, 0.29) is 24.1 Å². The number of nitrogens with zero attached hydrogens (tertiary/aromatic N) is 1. The average Bonchev–Trinajstić information content (AvgIpc) is 3.51. The molecule has 0 aliphatic rings. The van der Waals surface area contributed by atoms with Crippen LogP contribution < -0.4 is 5.32 Å². The van der Waals surface area contributed by atoms with Gasteiger partial charge in [-0.1, -0.05) is 60.7 Å². The maximum Gasteiger partial charge on any atom is 0.221 e. The molecule has 0 spiro atoms. The second-order valence-corrected chi connectivity index (χ2v) is 8.38. The van der Waals surface area contributed by atoms with Gasteiger partial charge in [-0.3, -0.25) is 4.79 Å². The summed E-state index contributed by atoms with van der Waals surface area (Å²) in [6.07, 6.45) is 3.96. The third-order valence-corrected chi connectivity index (χ3v) is 6.09. The number of nitrogens with one attached hydrogen (secondary N) is 1. The normalized spacial score (nSPS) is 12.0. The minimum Gasteiger partial charge on any atom is -0.467 e. The Labute approximate surface area is 197 Å². The highest BCUT2D eigenvalue weighted by molar-refractivity contribution is 5.86. The molecule has 0 bridgehead atoms. The molecule has 0 saturated heterocycles. The molecule has 2 heterocycles. The van der Waals surface area contributed by atoms with Gasteiger partial charge in [0.1, 0.15) is 11.6 Å². The van der Waals surface area contributed by atoms with Gasteiger partial charge in [0.05, 0.1) is 12.8 Å². The van der Waals surface area contributed by atoms with Crippen LogP contribution in [0.3, 0.4) is 0 Å². The van der Waals surface area contributed by atoms with Crippen molar-refractivity contribution >= 4 is 16.8 Å². The van der Waals surface area contributed by atoms with Crippen LogP contribution in [0.5, 0.6) is 0 Å². The third-order valence-electron chi connectivity index (χ3n) is 6.09. The molecule has 0 aliphatic heterocycles. The van der Waals surface area contributed by atoms with Crippen LogP contribution in [-0.2, 0) is 17.9 Å². The summed E-state index contributed by atoms with van der Waals surface area (Å²) in [4.78, 5) is 13.0. The summed E-state index contributed by atoms with van der Waals surface area (Å²) < 4.78 is 21.2. The zero-order valence-corrected chi connectivity index (χ0v) is 18.7. The quantitative estimate of drug-likeness (QED) is 0.302. The molecule has 5 rings (SSSR count). The monoisotopic (exact) mass is 452 g/mol. The molecule has 34 heavy (non-hydrogen) atoms. The fourth-order valence-electron chi connectivity index (χ4n) is 4.42. The lowest BCUT2D eigenvalue weighted by Gasteiger charge is -2.17. The molecular weight excluding hydrogens is 427 g/mol. The van der Waals surface area contributed by atoms with E-state index in [1.54, 1.807) is 24.5 Å². The number of carbonyl (C=O) groups is 1. The third kappa shape index (κ3) is 4.79. The number of furan rings is 1. The van der Waals surface area contributed by atoms with Gasteiger partial charge in [0, 0.05) is 36.0 Å². The van der Waals surface area contributed by atoms with E-state index in [1.165, 1.54) is 17.7 Å². The van der Waals surface area contributed by atoms with Crippen LogP contribution in [0.15, 0.2) is 108 Å². The van der Waals surface area contributed by atoms with Gasteiger partial charge >= 0.3 is 0 Å².